The van der Waals surface area contributed by atoms with Gasteiger partial charge >= 0.3 is 15.6 Å². The standard InChI is InChI=1S/C13H10BrF3N2O4S/c1-7-5-9(23-24(21,22)13(15,16)17)10(14)11(19-7)12(20)8-3-2-4-18-6-8/h2-6,11,19H,1H3. The number of carbonyl (C=O) groups is 1. The maximum atomic E-state index is 12.5. The van der Waals surface area contributed by atoms with Gasteiger partial charge in [-0.3, -0.25) is 9.78 Å². The molecule has 1 atom stereocenters. The molecule has 1 aliphatic heterocycles. The van der Waals surface area contributed by atoms with Crippen LogP contribution in [0.3, 0.4) is 0 Å². The summed E-state index contributed by atoms with van der Waals surface area (Å²) in [7, 11) is -5.85. The number of nitrogens with zero attached hydrogens (tertiary/aromatic N) is 1. The molecule has 0 aliphatic carbocycles. The molecule has 24 heavy (non-hydrogen) atoms. The van der Waals surface area contributed by atoms with Crippen molar-refractivity contribution in [3.63, 3.8) is 0 Å². The van der Waals surface area contributed by atoms with E-state index in [1.807, 2.05) is 0 Å². The number of allylic oxidation sites excluding steroid dienone is 2. The summed E-state index contributed by atoms with van der Waals surface area (Å²) >= 11 is 2.94. The lowest BCUT2D eigenvalue weighted by molar-refractivity contribution is -0.0520. The van der Waals surface area contributed by atoms with Crippen LogP contribution in [-0.2, 0) is 14.3 Å². The average Bonchev–Trinajstić information content (AvgIpc) is 2.49. The Kier molecular flexibility index (Phi) is 5.04. The lowest BCUT2D eigenvalue weighted by Crippen LogP contribution is -2.39. The molecule has 1 aromatic heterocycles. The van der Waals surface area contributed by atoms with Crippen molar-refractivity contribution >= 4 is 31.8 Å². The number of rotatable bonds is 4. The zero-order chi connectivity index (χ0) is 18.1. The highest BCUT2D eigenvalue weighted by atomic mass is 79.9. The number of alkyl halides is 3. The first kappa shape index (κ1) is 18.5. The highest BCUT2D eigenvalue weighted by molar-refractivity contribution is 9.11. The molecule has 11 heteroatoms. The first-order valence-electron chi connectivity index (χ1n) is 6.32. The number of aromatic nitrogens is 1. The second kappa shape index (κ2) is 6.55. The van der Waals surface area contributed by atoms with Gasteiger partial charge in [-0.25, -0.2) is 0 Å². The molecule has 0 saturated carbocycles. The number of hydrogen-bond acceptors (Lipinski definition) is 6. The Labute approximate surface area is 143 Å². The monoisotopic (exact) mass is 426 g/mol. The Morgan fingerprint density at radius 2 is 2.08 bits per heavy atom. The Morgan fingerprint density at radius 3 is 2.62 bits per heavy atom. The predicted octanol–water partition coefficient (Wildman–Crippen LogP) is 2.61. The van der Waals surface area contributed by atoms with Crippen molar-refractivity contribution in [3.05, 3.63) is 52.1 Å². The van der Waals surface area contributed by atoms with Gasteiger partial charge < -0.3 is 9.50 Å². The smallest absolute Gasteiger partial charge is 0.375 e. The van der Waals surface area contributed by atoms with Gasteiger partial charge in [0.1, 0.15) is 6.04 Å². The third-order valence-corrected chi connectivity index (χ3v) is 4.71. The van der Waals surface area contributed by atoms with Gasteiger partial charge in [0.2, 0.25) is 0 Å². The van der Waals surface area contributed by atoms with Gasteiger partial charge in [0.15, 0.2) is 11.5 Å². The largest absolute Gasteiger partial charge is 0.534 e. The highest BCUT2D eigenvalue weighted by Gasteiger charge is 2.49. The Bertz CT molecular complexity index is 819. The predicted molar refractivity (Wildman–Crippen MR) is 81.3 cm³/mol. The second-order valence-electron chi connectivity index (χ2n) is 4.71. The normalized spacial score (nSPS) is 18.7. The molecule has 0 spiro atoms. The van der Waals surface area contributed by atoms with Gasteiger partial charge in [-0.15, -0.1) is 0 Å². The maximum absolute atomic E-state index is 12.5. The van der Waals surface area contributed by atoms with Crippen LogP contribution in [0.4, 0.5) is 13.2 Å². The molecule has 2 rings (SSSR count). The van der Waals surface area contributed by atoms with E-state index in [2.05, 4.69) is 30.4 Å². The summed E-state index contributed by atoms with van der Waals surface area (Å²) in [5, 5.41) is 2.74. The zero-order valence-electron chi connectivity index (χ0n) is 12.0. The summed E-state index contributed by atoms with van der Waals surface area (Å²) in [5.74, 6) is -1.14. The number of dihydropyridines is 1. The summed E-state index contributed by atoms with van der Waals surface area (Å²) in [6.45, 7) is 1.45. The van der Waals surface area contributed by atoms with E-state index in [0.29, 0.717) is 0 Å². The number of nitrogens with one attached hydrogen (secondary N) is 1. The first-order chi connectivity index (χ1) is 11.0. The van der Waals surface area contributed by atoms with Gasteiger partial charge in [0.25, 0.3) is 0 Å². The zero-order valence-corrected chi connectivity index (χ0v) is 14.4. The molecule has 0 radical (unpaired) electrons. The van der Waals surface area contributed by atoms with Crippen molar-refractivity contribution in [2.75, 3.05) is 0 Å². The van der Waals surface area contributed by atoms with E-state index in [9.17, 15) is 26.4 Å². The number of halogens is 4. The van der Waals surface area contributed by atoms with Crippen molar-refractivity contribution in [3.8, 4) is 0 Å². The van der Waals surface area contributed by atoms with Crippen LogP contribution >= 0.6 is 15.9 Å². The van der Waals surface area contributed by atoms with Crippen LogP contribution in [0.25, 0.3) is 0 Å². The molecule has 0 aromatic carbocycles. The minimum Gasteiger partial charge on any atom is -0.375 e. The fourth-order valence-corrected chi connectivity index (χ4v) is 2.92. The number of hydrogen-bond donors (Lipinski definition) is 1. The second-order valence-corrected chi connectivity index (χ2v) is 7.10. The molecular weight excluding hydrogens is 417 g/mol. The molecular formula is C13H10BrF3N2O4S. The van der Waals surface area contributed by atoms with Gasteiger partial charge in [0.05, 0.1) is 4.48 Å². The summed E-state index contributed by atoms with van der Waals surface area (Å²) in [4.78, 5) is 16.2. The molecule has 0 fully saturated rings. The topological polar surface area (TPSA) is 85.4 Å². The van der Waals surface area contributed by atoms with Crippen molar-refractivity contribution in [2.24, 2.45) is 0 Å². The molecule has 130 valence electrons. The van der Waals surface area contributed by atoms with Gasteiger partial charge in [-0.05, 0) is 35.0 Å². The number of pyridine rings is 1. The Hall–Kier alpha value is -1.88. The van der Waals surface area contributed by atoms with Crippen LogP contribution in [0.15, 0.2) is 46.5 Å². The fourth-order valence-electron chi connectivity index (χ4n) is 1.83. The molecule has 2 heterocycles. The van der Waals surface area contributed by atoms with Gasteiger partial charge in [-0.2, -0.15) is 21.6 Å². The molecule has 0 saturated heterocycles. The van der Waals surface area contributed by atoms with Crippen LogP contribution in [0.5, 0.6) is 0 Å². The van der Waals surface area contributed by atoms with E-state index in [4.69, 9.17) is 0 Å². The van der Waals surface area contributed by atoms with Gasteiger partial charge in [-0.1, -0.05) is 0 Å². The molecule has 6 nitrogen and oxygen atoms in total. The van der Waals surface area contributed by atoms with Gasteiger partial charge in [0, 0.05) is 29.7 Å². The summed E-state index contributed by atoms with van der Waals surface area (Å²) < 4.78 is 63.7. The van der Waals surface area contributed by atoms with E-state index in [1.165, 1.54) is 31.5 Å². The van der Waals surface area contributed by atoms with Crippen molar-refractivity contribution in [1.82, 2.24) is 10.3 Å². The van der Waals surface area contributed by atoms with E-state index in [1.54, 1.807) is 0 Å². The van der Waals surface area contributed by atoms with Crippen molar-refractivity contribution < 1.29 is 30.6 Å². The van der Waals surface area contributed by atoms with E-state index in [-0.39, 0.29) is 15.7 Å². The van der Waals surface area contributed by atoms with E-state index < -0.39 is 33.2 Å². The van der Waals surface area contributed by atoms with Crippen LogP contribution in [0.1, 0.15) is 17.3 Å². The van der Waals surface area contributed by atoms with Crippen LogP contribution in [0, 0.1) is 0 Å². The molecule has 1 aliphatic rings. The summed E-state index contributed by atoms with van der Waals surface area (Å²) in [6, 6.07) is 1.84. The first-order valence-corrected chi connectivity index (χ1v) is 8.52. The molecule has 1 N–H and O–H groups in total. The lowest BCUT2D eigenvalue weighted by atomic mass is 10.0. The highest BCUT2D eigenvalue weighted by Crippen LogP contribution is 2.32. The lowest BCUT2D eigenvalue weighted by Gasteiger charge is -2.25. The SMILES string of the molecule is CC1=CC(OS(=O)(=O)C(F)(F)F)=C(Br)C(C(=O)c2cccnc2)N1. The van der Waals surface area contributed by atoms with Crippen LogP contribution in [-0.4, -0.2) is 30.7 Å². The maximum Gasteiger partial charge on any atom is 0.534 e. The van der Waals surface area contributed by atoms with Crippen LogP contribution < -0.4 is 5.32 Å². The van der Waals surface area contributed by atoms with E-state index in [0.717, 1.165) is 6.08 Å². The van der Waals surface area contributed by atoms with Crippen LogP contribution in [0.2, 0.25) is 0 Å². The third kappa shape index (κ3) is 3.78. The summed E-state index contributed by atoms with van der Waals surface area (Å²) in [5.41, 5.74) is -5.13. The van der Waals surface area contributed by atoms with E-state index >= 15 is 0 Å². The fraction of sp³-hybridized carbons (Fsp3) is 0.231. The molecule has 1 unspecified atom stereocenters. The molecule has 1 aromatic rings. The molecule has 0 bridgehead atoms. The average molecular weight is 427 g/mol. The Balaban J connectivity index is 2.39. The van der Waals surface area contributed by atoms with Crippen molar-refractivity contribution in [2.45, 2.75) is 18.5 Å². The number of ketones is 1. The molecule has 0 amide bonds. The minimum atomic E-state index is -5.85. The Morgan fingerprint density at radius 1 is 1.42 bits per heavy atom. The minimum absolute atomic E-state index is 0.172. The van der Waals surface area contributed by atoms with Crippen molar-refractivity contribution in [1.29, 1.82) is 0 Å². The number of carbonyl (C=O) groups excluding carboxylic acids is 1. The number of Topliss-reactive ketones (excluding diaryl/α,β-unsaturated/α-hetero) is 1. The quantitative estimate of drug-likeness (QED) is 0.452. The summed E-state index contributed by atoms with van der Waals surface area (Å²) in [6.07, 6.45) is 3.77. The third-order valence-electron chi connectivity index (χ3n) is 2.90.